The molecule has 0 aliphatic heterocycles. The molecule has 0 heterocycles. The Morgan fingerprint density at radius 3 is 2.26 bits per heavy atom. The van der Waals surface area contributed by atoms with E-state index in [2.05, 4.69) is 0 Å². The van der Waals surface area contributed by atoms with Crippen molar-refractivity contribution in [2.24, 2.45) is 0 Å². The first-order valence-electron chi connectivity index (χ1n) is 7.65. The highest BCUT2D eigenvalue weighted by atomic mass is 32.2. The van der Waals surface area contributed by atoms with E-state index in [0.29, 0.717) is 11.5 Å². The molecule has 0 aromatic heterocycles. The van der Waals surface area contributed by atoms with Crippen LogP contribution in [0.2, 0.25) is 0 Å². The topological polar surface area (TPSA) is 75.3 Å². The van der Waals surface area contributed by atoms with E-state index < -0.39 is 27.7 Å². The molecule has 0 fully saturated rings. The zero-order chi connectivity index (χ0) is 19.7. The Morgan fingerprint density at radius 1 is 0.852 bits per heavy atom. The van der Waals surface area contributed by atoms with Crippen molar-refractivity contribution in [2.75, 3.05) is 0 Å². The van der Waals surface area contributed by atoms with Crippen molar-refractivity contribution in [3.63, 3.8) is 0 Å². The standard InChI is InChI=1S/C18H13F3N2O3S/c19-18(20,21)15-7-3-6-14(10-15)17(24)22-23-27(25,26)16-9-8-12-4-1-2-5-13(12)11-16/h1-11,23H,(H,22,24). The molecular formula is C18H13F3N2O3S. The van der Waals surface area contributed by atoms with E-state index in [1.54, 1.807) is 18.2 Å². The van der Waals surface area contributed by atoms with Crippen molar-refractivity contribution in [2.45, 2.75) is 11.1 Å². The van der Waals surface area contributed by atoms with E-state index in [1.807, 2.05) is 22.4 Å². The van der Waals surface area contributed by atoms with Gasteiger partial charge in [-0.05, 0) is 41.1 Å². The van der Waals surface area contributed by atoms with Gasteiger partial charge in [0, 0.05) is 5.56 Å². The minimum absolute atomic E-state index is 0.0921. The van der Waals surface area contributed by atoms with Crippen LogP contribution in [0.3, 0.4) is 0 Å². The van der Waals surface area contributed by atoms with Gasteiger partial charge in [-0.25, -0.2) is 8.42 Å². The fourth-order valence-electron chi connectivity index (χ4n) is 2.42. The minimum atomic E-state index is -4.61. The highest BCUT2D eigenvalue weighted by molar-refractivity contribution is 7.89. The summed E-state index contributed by atoms with van der Waals surface area (Å²) in [5.74, 6) is -1.01. The Labute approximate surface area is 152 Å². The normalized spacial score (nSPS) is 12.1. The summed E-state index contributed by atoms with van der Waals surface area (Å²) in [5, 5.41) is 1.52. The highest BCUT2D eigenvalue weighted by Crippen LogP contribution is 2.29. The van der Waals surface area contributed by atoms with E-state index in [0.717, 1.165) is 23.6 Å². The van der Waals surface area contributed by atoms with Crippen molar-refractivity contribution >= 4 is 26.7 Å². The van der Waals surface area contributed by atoms with Crippen molar-refractivity contribution in [3.05, 3.63) is 77.9 Å². The Hall–Kier alpha value is -2.91. The second kappa shape index (κ2) is 7.01. The van der Waals surface area contributed by atoms with Crippen molar-refractivity contribution in [1.29, 1.82) is 0 Å². The predicted octanol–water partition coefficient (Wildman–Crippen LogP) is 3.48. The maximum absolute atomic E-state index is 12.7. The van der Waals surface area contributed by atoms with Crippen LogP contribution in [0.1, 0.15) is 15.9 Å². The number of halogens is 3. The van der Waals surface area contributed by atoms with Gasteiger partial charge >= 0.3 is 6.18 Å². The zero-order valence-corrected chi connectivity index (χ0v) is 14.4. The average molecular weight is 394 g/mol. The summed E-state index contributed by atoms with van der Waals surface area (Å²) in [6, 6.07) is 15.2. The highest BCUT2D eigenvalue weighted by Gasteiger charge is 2.31. The third-order valence-electron chi connectivity index (χ3n) is 3.78. The summed E-state index contributed by atoms with van der Waals surface area (Å²) in [7, 11) is -4.10. The van der Waals surface area contributed by atoms with Crippen LogP contribution >= 0.6 is 0 Å². The van der Waals surface area contributed by atoms with Gasteiger partial charge in [-0.15, -0.1) is 4.83 Å². The number of hydrogen-bond donors (Lipinski definition) is 2. The van der Waals surface area contributed by atoms with Crippen LogP contribution in [0.15, 0.2) is 71.6 Å². The lowest BCUT2D eigenvalue weighted by atomic mass is 10.1. The number of hydrogen-bond acceptors (Lipinski definition) is 3. The molecule has 0 spiro atoms. The summed E-state index contributed by atoms with van der Waals surface area (Å²) < 4.78 is 62.8. The minimum Gasteiger partial charge on any atom is -0.273 e. The van der Waals surface area contributed by atoms with Crippen molar-refractivity contribution in [3.8, 4) is 0 Å². The summed E-state index contributed by atoms with van der Waals surface area (Å²) in [6.45, 7) is 0. The maximum Gasteiger partial charge on any atom is 0.416 e. The lowest BCUT2D eigenvalue weighted by Crippen LogP contribution is -2.41. The number of hydrazine groups is 1. The van der Waals surface area contributed by atoms with Crippen LogP contribution in [-0.4, -0.2) is 14.3 Å². The molecule has 0 saturated heterocycles. The van der Waals surface area contributed by atoms with Crippen LogP contribution in [0.25, 0.3) is 10.8 Å². The number of carbonyl (C=O) groups excluding carboxylic acids is 1. The van der Waals surface area contributed by atoms with E-state index >= 15 is 0 Å². The van der Waals surface area contributed by atoms with Crippen molar-refractivity contribution < 1.29 is 26.4 Å². The molecule has 9 heteroatoms. The summed E-state index contributed by atoms with van der Waals surface area (Å²) in [6.07, 6.45) is -4.61. The van der Waals surface area contributed by atoms with Crippen LogP contribution < -0.4 is 10.3 Å². The number of carbonyl (C=O) groups is 1. The molecule has 3 rings (SSSR count). The summed E-state index contributed by atoms with van der Waals surface area (Å²) >= 11 is 0. The van der Waals surface area contributed by atoms with E-state index in [1.165, 1.54) is 12.1 Å². The largest absolute Gasteiger partial charge is 0.416 e. The van der Waals surface area contributed by atoms with Gasteiger partial charge in [0.25, 0.3) is 15.9 Å². The van der Waals surface area contributed by atoms with Gasteiger partial charge in [0.2, 0.25) is 0 Å². The van der Waals surface area contributed by atoms with Gasteiger partial charge in [-0.1, -0.05) is 36.4 Å². The molecule has 3 aromatic rings. The summed E-state index contributed by atoms with van der Waals surface area (Å²) in [5.41, 5.74) is 0.586. The molecule has 2 N–H and O–H groups in total. The smallest absolute Gasteiger partial charge is 0.273 e. The number of nitrogens with one attached hydrogen (secondary N) is 2. The Balaban J connectivity index is 1.77. The van der Waals surface area contributed by atoms with E-state index in [9.17, 15) is 26.4 Å². The van der Waals surface area contributed by atoms with Crippen LogP contribution in [0.4, 0.5) is 13.2 Å². The molecule has 0 aliphatic rings. The molecule has 0 saturated carbocycles. The Kier molecular flexibility index (Phi) is 4.90. The number of alkyl halides is 3. The fraction of sp³-hybridized carbons (Fsp3) is 0.0556. The van der Waals surface area contributed by atoms with Crippen LogP contribution in [0.5, 0.6) is 0 Å². The first-order chi connectivity index (χ1) is 12.7. The second-order valence-electron chi connectivity index (χ2n) is 5.65. The molecule has 1 amide bonds. The van der Waals surface area contributed by atoms with Crippen LogP contribution in [-0.2, 0) is 16.2 Å². The molecule has 0 radical (unpaired) electrons. The third kappa shape index (κ3) is 4.26. The molecule has 0 aliphatic carbocycles. The molecule has 0 unspecified atom stereocenters. The lowest BCUT2D eigenvalue weighted by Gasteiger charge is -2.11. The fourth-order valence-corrected chi connectivity index (χ4v) is 3.29. The van der Waals surface area contributed by atoms with Gasteiger partial charge in [0.1, 0.15) is 0 Å². The molecule has 140 valence electrons. The molecule has 27 heavy (non-hydrogen) atoms. The number of fused-ring (bicyclic) bond motifs is 1. The molecule has 5 nitrogen and oxygen atoms in total. The van der Waals surface area contributed by atoms with E-state index in [4.69, 9.17) is 0 Å². The zero-order valence-electron chi connectivity index (χ0n) is 13.6. The second-order valence-corrected chi connectivity index (χ2v) is 7.33. The number of sulfonamides is 1. The maximum atomic E-state index is 12.7. The van der Waals surface area contributed by atoms with Gasteiger partial charge in [-0.3, -0.25) is 10.2 Å². The number of rotatable bonds is 4. The van der Waals surface area contributed by atoms with Crippen molar-refractivity contribution in [1.82, 2.24) is 10.3 Å². The Morgan fingerprint density at radius 2 is 1.56 bits per heavy atom. The number of amides is 1. The first kappa shape index (κ1) is 18.9. The monoisotopic (exact) mass is 394 g/mol. The van der Waals surface area contributed by atoms with Gasteiger partial charge < -0.3 is 0 Å². The molecule has 0 bridgehead atoms. The molecular weight excluding hydrogens is 381 g/mol. The average Bonchev–Trinajstić information content (AvgIpc) is 2.65. The van der Waals surface area contributed by atoms with Gasteiger partial charge in [0.05, 0.1) is 10.5 Å². The van der Waals surface area contributed by atoms with Gasteiger partial charge in [-0.2, -0.15) is 13.2 Å². The van der Waals surface area contributed by atoms with E-state index in [-0.39, 0.29) is 10.5 Å². The number of benzene rings is 3. The quantitative estimate of drug-likeness (QED) is 0.666. The third-order valence-corrected chi connectivity index (χ3v) is 5.03. The van der Waals surface area contributed by atoms with Crippen LogP contribution in [0, 0.1) is 0 Å². The van der Waals surface area contributed by atoms with Gasteiger partial charge in [0.15, 0.2) is 0 Å². The Bertz CT molecular complexity index is 1110. The predicted molar refractivity (Wildman–Crippen MR) is 93.2 cm³/mol. The summed E-state index contributed by atoms with van der Waals surface area (Å²) in [4.78, 5) is 13.8. The molecule has 0 atom stereocenters. The lowest BCUT2D eigenvalue weighted by molar-refractivity contribution is -0.137. The SMILES string of the molecule is O=C(NNS(=O)(=O)c1ccc2ccccc2c1)c1cccc(C(F)(F)F)c1. The molecule has 3 aromatic carbocycles. The first-order valence-corrected chi connectivity index (χ1v) is 9.13.